The molecule has 0 heterocycles. The zero-order valence-corrected chi connectivity index (χ0v) is 9.51. The maximum Gasteiger partial charge on any atom is 0.321 e. The van der Waals surface area contributed by atoms with Crippen molar-refractivity contribution in [2.75, 3.05) is 19.0 Å². The van der Waals surface area contributed by atoms with Crippen LogP contribution in [0.25, 0.3) is 0 Å². The zero-order chi connectivity index (χ0) is 11.0. The number of aliphatic hydroxyl groups is 1. The molecule has 2 unspecified atom stereocenters. The molecule has 0 saturated carbocycles. The molecule has 14 heavy (non-hydrogen) atoms. The average Bonchev–Trinajstić information content (AvgIpc) is 2.17. The summed E-state index contributed by atoms with van der Waals surface area (Å²) in [6, 6.07) is 0. The first-order valence-electron chi connectivity index (χ1n) is 4.78. The second-order valence-corrected chi connectivity index (χ2v) is 4.85. The number of esters is 1. The SMILES string of the molecule is CCCCOC(=O)C(C)S(=O)CCO. The highest BCUT2D eigenvalue weighted by molar-refractivity contribution is 7.86. The van der Waals surface area contributed by atoms with Gasteiger partial charge in [0.2, 0.25) is 0 Å². The molecule has 0 saturated heterocycles. The van der Waals surface area contributed by atoms with Crippen molar-refractivity contribution in [2.45, 2.75) is 31.9 Å². The van der Waals surface area contributed by atoms with Crippen LogP contribution in [0.15, 0.2) is 0 Å². The Hall–Kier alpha value is -0.420. The summed E-state index contributed by atoms with van der Waals surface area (Å²) < 4.78 is 16.2. The van der Waals surface area contributed by atoms with Gasteiger partial charge in [-0.3, -0.25) is 9.00 Å². The first-order chi connectivity index (χ1) is 6.63. The molecule has 0 aromatic carbocycles. The Morgan fingerprint density at radius 2 is 2.21 bits per heavy atom. The summed E-state index contributed by atoms with van der Waals surface area (Å²) in [5.74, 6) is -0.311. The number of ether oxygens (including phenoxy) is 1. The van der Waals surface area contributed by atoms with Gasteiger partial charge in [0.1, 0.15) is 5.25 Å². The van der Waals surface area contributed by atoms with Gasteiger partial charge in [-0.25, -0.2) is 0 Å². The van der Waals surface area contributed by atoms with Gasteiger partial charge in [-0.05, 0) is 13.3 Å². The summed E-state index contributed by atoms with van der Waals surface area (Å²) in [6.07, 6.45) is 1.78. The molecule has 5 heteroatoms. The van der Waals surface area contributed by atoms with Gasteiger partial charge in [0.25, 0.3) is 0 Å². The fourth-order valence-corrected chi connectivity index (χ4v) is 1.62. The molecule has 84 valence electrons. The Morgan fingerprint density at radius 1 is 1.57 bits per heavy atom. The van der Waals surface area contributed by atoms with Crippen LogP contribution in [0.1, 0.15) is 26.7 Å². The zero-order valence-electron chi connectivity index (χ0n) is 8.69. The third-order valence-electron chi connectivity index (χ3n) is 1.76. The van der Waals surface area contributed by atoms with E-state index in [1.807, 2.05) is 6.92 Å². The van der Waals surface area contributed by atoms with Crippen molar-refractivity contribution in [1.29, 1.82) is 0 Å². The number of unbranched alkanes of at least 4 members (excludes halogenated alkanes) is 1. The standard InChI is InChI=1S/C9H18O4S/c1-3-4-6-13-9(11)8(2)14(12)7-5-10/h8,10H,3-7H2,1-2H3. The lowest BCUT2D eigenvalue weighted by Gasteiger charge is -2.10. The predicted molar refractivity (Wildman–Crippen MR) is 55.4 cm³/mol. The molecule has 0 aliphatic carbocycles. The lowest BCUT2D eigenvalue weighted by molar-refractivity contribution is -0.142. The summed E-state index contributed by atoms with van der Waals surface area (Å²) >= 11 is 0. The van der Waals surface area contributed by atoms with Gasteiger partial charge in [0.15, 0.2) is 0 Å². The van der Waals surface area contributed by atoms with E-state index in [0.29, 0.717) is 6.61 Å². The molecule has 1 N–H and O–H groups in total. The van der Waals surface area contributed by atoms with Crippen LogP contribution < -0.4 is 0 Å². The van der Waals surface area contributed by atoms with Gasteiger partial charge in [-0.2, -0.15) is 0 Å². The molecule has 0 bridgehead atoms. The van der Waals surface area contributed by atoms with Crippen molar-refractivity contribution in [3.8, 4) is 0 Å². The minimum absolute atomic E-state index is 0.129. The molecule has 0 spiro atoms. The summed E-state index contributed by atoms with van der Waals surface area (Å²) in [5.41, 5.74) is 0. The molecule has 0 aromatic heterocycles. The second-order valence-electron chi connectivity index (χ2n) is 2.97. The third kappa shape index (κ3) is 5.34. The fourth-order valence-electron chi connectivity index (χ4n) is 0.809. The van der Waals surface area contributed by atoms with Crippen LogP contribution in [0.3, 0.4) is 0 Å². The van der Waals surface area contributed by atoms with Crippen LogP contribution in [0.4, 0.5) is 0 Å². The molecule has 0 aliphatic rings. The molecule has 0 fully saturated rings. The van der Waals surface area contributed by atoms with E-state index in [2.05, 4.69) is 0 Å². The van der Waals surface area contributed by atoms with E-state index in [-0.39, 0.29) is 12.4 Å². The minimum atomic E-state index is -1.32. The molecular weight excluding hydrogens is 204 g/mol. The van der Waals surface area contributed by atoms with Crippen molar-refractivity contribution in [3.63, 3.8) is 0 Å². The normalized spacial score (nSPS) is 14.8. The number of hydrogen-bond donors (Lipinski definition) is 1. The number of aliphatic hydroxyl groups excluding tert-OH is 1. The van der Waals surface area contributed by atoms with E-state index in [1.54, 1.807) is 6.92 Å². The number of carbonyl (C=O) groups excluding carboxylic acids is 1. The lowest BCUT2D eigenvalue weighted by Crippen LogP contribution is -2.27. The summed E-state index contributed by atoms with van der Waals surface area (Å²) in [4.78, 5) is 11.2. The molecule has 4 nitrogen and oxygen atoms in total. The largest absolute Gasteiger partial charge is 0.465 e. The van der Waals surface area contributed by atoms with E-state index >= 15 is 0 Å². The van der Waals surface area contributed by atoms with E-state index in [0.717, 1.165) is 12.8 Å². The van der Waals surface area contributed by atoms with Gasteiger partial charge >= 0.3 is 5.97 Å². The van der Waals surface area contributed by atoms with Gasteiger partial charge in [-0.1, -0.05) is 13.3 Å². The average molecular weight is 222 g/mol. The first-order valence-corrected chi connectivity index (χ1v) is 6.16. The maximum absolute atomic E-state index is 11.3. The van der Waals surface area contributed by atoms with Gasteiger partial charge in [0, 0.05) is 16.6 Å². The van der Waals surface area contributed by atoms with Gasteiger partial charge in [0.05, 0.1) is 13.2 Å². The molecule has 0 radical (unpaired) electrons. The summed E-state index contributed by atoms with van der Waals surface area (Å²) in [7, 11) is -1.32. The fraction of sp³-hybridized carbons (Fsp3) is 0.889. The van der Waals surface area contributed by atoms with E-state index < -0.39 is 22.0 Å². The van der Waals surface area contributed by atoms with Crippen LogP contribution >= 0.6 is 0 Å². The van der Waals surface area contributed by atoms with Crippen LogP contribution in [-0.2, 0) is 20.3 Å². The number of rotatable bonds is 7. The van der Waals surface area contributed by atoms with Crippen molar-refractivity contribution < 1.29 is 18.8 Å². The first kappa shape index (κ1) is 13.6. The monoisotopic (exact) mass is 222 g/mol. The van der Waals surface area contributed by atoms with Crippen molar-refractivity contribution in [1.82, 2.24) is 0 Å². The topological polar surface area (TPSA) is 63.6 Å². The molecule has 0 aromatic rings. The highest BCUT2D eigenvalue weighted by Gasteiger charge is 2.20. The quantitative estimate of drug-likeness (QED) is 0.502. The van der Waals surface area contributed by atoms with E-state index in [4.69, 9.17) is 9.84 Å². The second kappa shape index (κ2) is 7.94. The van der Waals surface area contributed by atoms with Crippen LogP contribution in [0, 0.1) is 0 Å². The summed E-state index contributed by atoms with van der Waals surface area (Å²) in [5, 5.41) is 7.90. The summed E-state index contributed by atoms with van der Waals surface area (Å²) in [6.45, 7) is 3.77. The Bertz CT molecular complexity index is 193. The highest BCUT2D eigenvalue weighted by atomic mass is 32.2. The molecule has 0 amide bonds. The number of hydrogen-bond acceptors (Lipinski definition) is 4. The maximum atomic E-state index is 11.3. The van der Waals surface area contributed by atoms with Crippen molar-refractivity contribution in [2.24, 2.45) is 0 Å². The van der Waals surface area contributed by atoms with Crippen molar-refractivity contribution >= 4 is 16.8 Å². The Kier molecular flexibility index (Phi) is 7.70. The third-order valence-corrected chi connectivity index (χ3v) is 3.33. The van der Waals surface area contributed by atoms with Gasteiger partial charge in [-0.15, -0.1) is 0 Å². The Labute approximate surface area is 87.1 Å². The van der Waals surface area contributed by atoms with E-state index in [9.17, 15) is 9.00 Å². The molecule has 2 atom stereocenters. The predicted octanol–water partition coefficient (Wildman–Crippen LogP) is 0.459. The molecule has 0 rings (SSSR count). The van der Waals surface area contributed by atoms with Crippen LogP contribution in [0.5, 0.6) is 0 Å². The lowest BCUT2D eigenvalue weighted by atomic mass is 10.4. The van der Waals surface area contributed by atoms with Crippen LogP contribution in [-0.4, -0.2) is 39.5 Å². The Balaban J connectivity index is 3.80. The van der Waals surface area contributed by atoms with Crippen LogP contribution in [0.2, 0.25) is 0 Å². The number of carbonyl (C=O) groups is 1. The smallest absolute Gasteiger partial charge is 0.321 e. The van der Waals surface area contributed by atoms with Crippen molar-refractivity contribution in [3.05, 3.63) is 0 Å². The molecule has 0 aliphatic heterocycles. The highest BCUT2D eigenvalue weighted by Crippen LogP contribution is 2.00. The molecular formula is C9H18O4S. The minimum Gasteiger partial charge on any atom is -0.465 e. The Morgan fingerprint density at radius 3 is 2.71 bits per heavy atom. The van der Waals surface area contributed by atoms with E-state index in [1.165, 1.54) is 0 Å². The van der Waals surface area contributed by atoms with Gasteiger partial charge < -0.3 is 9.84 Å².